The standard InChI is InChI=1S/C23H17BrN6O/c24-17-10-11-20(31-14-15-6-2-1-3-7-15)16(12-17)13-25-29-23-27-22-21(28-30-23)18-8-4-5-9-19(18)26-22/h1-13H,14H2,(H2,26,27,29,30)/b25-13+. The molecule has 0 saturated heterocycles. The summed E-state index contributed by atoms with van der Waals surface area (Å²) in [5, 5.41) is 13.7. The molecule has 5 rings (SSSR count). The molecule has 0 radical (unpaired) electrons. The summed E-state index contributed by atoms with van der Waals surface area (Å²) in [7, 11) is 0. The zero-order valence-corrected chi connectivity index (χ0v) is 17.9. The quantitative estimate of drug-likeness (QED) is 0.258. The SMILES string of the molecule is Brc1ccc(OCc2ccccc2)c(/C=N/Nc2nnc3c(n2)[nH]c2ccccc23)c1. The number of nitrogens with one attached hydrogen (secondary N) is 2. The van der Waals surface area contributed by atoms with Crippen LogP contribution in [0.1, 0.15) is 11.1 Å². The van der Waals surface area contributed by atoms with Crippen molar-refractivity contribution in [1.82, 2.24) is 20.2 Å². The van der Waals surface area contributed by atoms with Crippen LogP contribution in [-0.4, -0.2) is 26.4 Å². The van der Waals surface area contributed by atoms with E-state index in [1.807, 2.05) is 72.8 Å². The molecule has 31 heavy (non-hydrogen) atoms. The number of aromatic nitrogens is 4. The molecule has 2 N–H and O–H groups in total. The number of halogens is 1. The third-order valence-electron chi connectivity index (χ3n) is 4.70. The molecule has 0 saturated carbocycles. The van der Waals surface area contributed by atoms with E-state index in [-0.39, 0.29) is 0 Å². The monoisotopic (exact) mass is 472 g/mol. The van der Waals surface area contributed by atoms with Crippen LogP contribution in [0.25, 0.3) is 22.1 Å². The molecule has 5 aromatic rings. The highest BCUT2D eigenvalue weighted by Crippen LogP contribution is 2.24. The van der Waals surface area contributed by atoms with Gasteiger partial charge in [0.25, 0.3) is 5.95 Å². The van der Waals surface area contributed by atoms with E-state index in [1.165, 1.54) is 0 Å². The highest BCUT2D eigenvalue weighted by Gasteiger charge is 2.08. The van der Waals surface area contributed by atoms with Gasteiger partial charge >= 0.3 is 0 Å². The number of rotatable bonds is 6. The highest BCUT2D eigenvalue weighted by molar-refractivity contribution is 9.10. The van der Waals surface area contributed by atoms with E-state index in [4.69, 9.17) is 4.74 Å². The van der Waals surface area contributed by atoms with Gasteiger partial charge in [0.2, 0.25) is 0 Å². The molecule has 3 aromatic carbocycles. The number of aromatic amines is 1. The summed E-state index contributed by atoms with van der Waals surface area (Å²) in [4.78, 5) is 7.71. The summed E-state index contributed by atoms with van der Waals surface area (Å²) < 4.78 is 6.91. The predicted octanol–water partition coefficient (Wildman–Crippen LogP) is 5.29. The Kier molecular flexibility index (Phi) is 5.28. The lowest BCUT2D eigenvalue weighted by atomic mass is 10.2. The molecule has 0 aliphatic carbocycles. The number of anilines is 1. The van der Waals surface area contributed by atoms with Gasteiger partial charge in [0.05, 0.1) is 6.21 Å². The number of fused-ring (bicyclic) bond motifs is 3. The minimum absolute atomic E-state index is 0.303. The van der Waals surface area contributed by atoms with E-state index < -0.39 is 0 Å². The van der Waals surface area contributed by atoms with Crippen LogP contribution in [0.4, 0.5) is 5.95 Å². The predicted molar refractivity (Wildman–Crippen MR) is 125 cm³/mol. The lowest BCUT2D eigenvalue weighted by Crippen LogP contribution is -2.01. The highest BCUT2D eigenvalue weighted by atomic mass is 79.9. The minimum atomic E-state index is 0.303. The van der Waals surface area contributed by atoms with E-state index in [2.05, 4.69) is 46.6 Å². The van der Waals surface area contributed by atoms with Gasteiger partial charge in [-0.25, -0.2) is 5.43 Å². The fraction of sp³-hybridized carbons (Fsp3) is 0.0435. The van der Waals surface area contributed by atoms with Gasteiger partial charge in [-0.2, -0.15) is 10.1 Å². The summed E-state index contributed by atoms with van der Waals surface area (Å²) in [5.74, 6) is 1.03. The molecule has 152 valence electrons. The summed E-state index contributed by atoms with van der Waals surface area (Å²) >= 11 is 3.50. The van der Waals surface area contributed by atoms with Crippen LogP contribution in [-0.2, 0) is 6.61 Å². The fourth-order valence-electron chi connectivity index (χ4n) is 3.21. The normalized spacial score (nSPS) is 11.4. The zero-order chi connectivity index (χ0) is 21.0. The van der Waals surface area contributed by atoms with Crippen LogP contribution < -0.4 is 10.2 Å². The smallest absolute Gasteiger partial charge is 0.265 e. The van der Waals surface area contributed by atoms with Crippen molar-refractivity contribution >= 4 is 50.2 Å². The molecular weight excluding hydrogens is 456 g/mol. The molecule has 7 nitrogen and oxygen atoms in total. The van der Waals surface area contributed by atoms with Gasteiger partial charge in [-0.3, -0.25) is 0 Å². The Bertz CT molecular complexity index is 1380. The number of hydrazone groups is 1. The van der Waals surface area contributed by atoms with Crippen molar-refractivity contribution < 1.29 is 4.74 Å². The first-order valence-corrected chi connectivity index (χ1v) is 10.4. The van der Waals surface area contributed by atoms with E-state index in [1.54, 1.807) is 6.21 Å². The molecule has 2 heterocycles. The molecule has 0 amide bonds. The number of H-pyrrole nitrogens is 1. The van der Waals surface area contributed by atoms with Crippen molar-refractivity contribution in [2.24, 2.45) is 5.10 Å². The van der Waals surface area contributed by atoms with Crippen molar-refractivity contribution in [1.29, 1.82) is 0 Å². The van der Waals surface area contributed by atoms with Crippen LogP contribution in [0.15, 0.2) is 82.4 Å². The summed E-state index contributed by atoms with van der Waals surface area (Å²) in [6, 6.07) is 23.7. The first-order chi connectivity index (χ1) is 15.3. The second-order valence-corrected chi connectivity index (χ2v) is 7.75. The minimum Gasteiger partial charge on any atom is -0.488 e. The van der Waals surface area contributed by atoms with Crippen LogP contribution >= 0.6 is 15.9 Å². The van der Waals surface area contributed by atoms with E-state index in [0.29, 0.717) is 18.2 Å². The Morgan fingerprint density at radius 1 is 1.00 bits per heavy atom. The molecule has 0 spiro atoms. The maximum atomic E-state index is 5.98. The molecule has 0 aliphatic heterocycles. The average molecular weight is 473 g/mol. The topological polar surface area (TPSA) is 88.1 Å². The van der Waals surface area contributed by atoms with Crippen LogP contribution in [0, 0.1) is 0 Å². The maximum Gasteiger partial charge on any atom is 0.265 e. The van der Waals surface area contributed by atoms with Gasteiger partial charge in [0.1, 0.15) is 17.9 Å². The first-order valence-electron chi connectivity index (χ1n) is 9.63. The Morgan fingerprint density at radius 2 is 1.84 bits per heavy atom. The molecule has 0 atom stereocenters. The van der Waals surface area contributed by atoms with Gasteiger partial charge in [0, 0.05) is 20.9 Å². The summed E-state index contributed by atoms with van der Waals surface area (Å²) in [6.45, 7) is 0.473. The van der Waals surface area contributed by atoms with Gasteiger partial charge < -0.3 is 9.72 Å². The molecule has 0 bridgehead atoms. The number of nitrogens with zero attached hydrogens (tertiary/aromatic N) is 4. The summed E-state index contributed by atoms with van der Waals surface area (Å²) in [6.07, 6.45) is 1.67. The average Bonchev–Trinajstić information content (AvgIpc) is 3.17. The van der Waals surface area contributed by atoms with Gasteiger partial charge in [-0.15, -0.1) is 10.2 Å². The third kappa shape index (κ3) is 4.24. The number of para-hydroxylation sites is 1. The van der Waals surface area contributed by atoms with Crippen molar-refractivity contribution in [3.05, 3.63) is 88.4 Å². The molecule has 0 aliphatic rings. The van der Waals surface area contributed by atoms with Crippen molar-refractivity contribution in [3.8, 4) is 5.75 Å². The molecular formula is C23H17BrN6O. The van der Waals surface area contributed by atoms with E-state index in [0.717, 1.165) is 37.8 Å². The first kappa shape index (κ1) is 19.2. The van der Waals surface area contributed by atoms with E-state index >= 15 is 0 Å². The second-order valence-electron chi connectivity index (χ2n) is 6.83. The van der Waals surface area contributed by atoms with Crippen LogP contribution in [0.5, 0.6) is 5.75 Å². The lowest BCUT2D eigenvalue weighted by molar-refractivity contribution is 0.306. The molecule has 8 heteroatoms. The maximum absolute atomic E-state index is 5.98. The van der Waals surface area contributed by atoms with Crippen LogP contribution in [0.3, 0.4) is 0 Å². The Labute approximate surface area is 186 Å². The van der Waals surface area contributed by atoms with Gasteiger partial charge in [-0.05, 0) is 29.8 Å². The largest absolute Gasteiger partial charge is 0.488 e. The Hall–Kier alpha value is -3.78. The zero-order valence-electron chi connectivity index (χ0n) is 16.3. The lowest BCUT2D eigenvalue weighted by Gasteiger charge is -2.09. The van der Waals surface area contributed by atoms with Crippen molar-refractivity contribution in [2.45, 2.75) is 6.61 Å². The molecule has 2 aromatic heterocycles. The Balaban J connectivity index is 1.34. The number of hydrogen-bond acceptors (Lipinski definition) is 6. The summed E-state index contributed by atoms with van der Waals surface area (Å²) in [5.41, 5.74) is 7.11. The van der Waals surface area contributed by atoms with E-state index in [9.17, 15) is 0 Å². The number of benzene rings is 3. The van der Waals surface area contributed by atoms with Gasteiger partial charge in [0.15, 0.2) is 5.65 Å². The van der Waals surface area contributed by atoms with Gasteiger partial charge in [-0.1, -0.05) is 64.5 Å². The molecule has 0 unspecified atom stereocenters. The third-order valence-corrected chi connectivity index (χ3v) is 5.19. The number of ether oxygens (including phenoxy) is 1. The van der Waals surface area contributed by atoms with Crippen molar-refractivity contribution in [3.63, 3.8) is 0 Å². The van der Waals surface area contributed by atoms with Crippen molar-refractivity contribution in [2.75, 3.05) is 5.43 Å². The molecule has 0 fully saturated rings. The second kappa shape index (κ2) is 8.53. The fourth-order valence-corrected chi connectivity index (χ4v) is 3.59. The number of hydrogen-bond donors (Lipinski definition) is 2. The Morgan fingerprint density at radius 3 is 2.74 bits per heavy atom. The van der Waals surface area contributed by atoms with Crippen LogP contribution in [0.2, 0.25) is 0 Å².